The van der Waals surface area contributed by atoms with Gasteiger partial charge in [-0.25, -0.2) is 4.79 Å². The number of nitrogens with zero attached hydrogens (tertiary/aromatic N) is 1. The van der Waals surface area contributed by atoms with Crippen LogP contribution in [0.2, 0.25) is 0 Å². The number of thiocarbonyl (C=S) groups is 1. The number of thioether (sulfide) groups is 1. The molecule has 6 heteroatoms. The van der Waals surface area contributed by atoms with E-state index in [0.717, 1.165) is 22.9 Å². The minimum atomic E-state index is -1.04. The average Bonchev–Trinajstić information content (AvgIpc) is 2.66. The Morgan fingerprint density at radius 1 is 1.41 bits per heavy atom. The van der Waals surface area contributed by atoms with Crippen LogP contribution in [-0.4, -0.2) is 32.2 Å². The predicted octanol–water partition coefficient (Wildman–Crippen LogP) is 3.31. The molecule has 2 rings (SSSR count). The zero-order chi connectivity index (χ0) is 16.4. The van der Waals surface area contributed by atoms with E-state index in [9.17, 15) is 14.7 Å². The summed E-state index contributed by atoms with van der Waals surface area (Å²) in [5, 5.41) is 9.37. The van der Waals surface area contributed by atoms with Crippen molar-refractivity contribution in [1.82, 2.24) is 4.90 Å². The molecule has 0 radical (unpaired) electrons. The first-order valence-corrected chi connectivity index (χ1v) is 8.10. The molecule has 116 valence electrons. The van der Waals surface area contributed by atoms with Crippen LogP contribution in [-0.2, 0) is 9.59 Å². The zero-order valence-corrected chi connectivity index (χ0v) is 14.2. The quantitative estimate of drug-likeness (QED) is 0.676. The Balaban J connectivity index is 2.34. The number of carbonyl (C=O) groups excluding carboxylic acids is 1. The summed E-state index contributed by atoms with van der Waals surface area (Å²) in [5.74, 6) is -1.60. The van der Waals surface area contributed by atoms with Crippen molar-refractivity contribution in [2.24, 2.45) is 5.92 Å². The Hall–Kier alpha value is -1.66. The lowest BCUT2D eigenvalue weighted by Gasteiger charge is -2.26. The van der Waals surface area contributed by atoms with Crippen LogP contribution < -0.4 is 0 Å². The molecule has 1 N–H and O–H groups in total. The molecule has 22 heavy (non-hydrogen) atoms. The highest BCUT2D eigenvalue weighted by atomic mass is 32.2. The van der Waals surface area contributed by atoms with Gasteiger partial charge in [-0.1, -0.05) is 67.7 Å². The number of aliphatic carboxylic acids is 1. The van der Waals surface area contributed by atoms with E-state index in [1.54, 1.807) is 19.9 Å². The third-order valence-corrected chi connectivity index (χ3v) is 4.66. The van der Waals surface area contributed by atoms with Gasteiger partial charge in [0, 0.05) is 0 Å². The van der Waals surface area contributed by atoms with Crippen molar-refractivity contribution < 1.29 is 14.7 Å². The molecule has 0 bridgehead atoms. The molecule has 1 aliphatic heterocycles. The molecular weight excluding hydrogens is 318 g/mol. The van der Waals surface area contributed by atoms with Gasteiger partial charge >= 0.3 is 5.97 Å². The Labute approximate surface area is 139 Å². The first-order chi connectivity index (χ1) is 10.3. The van der Waals surface area contributed by atoms with Gasteiger partial charge in [0.2, 0.25) is 0 Å². The Kier molecular flexibility index (Phi) is 5.03. The number of carboxylic acid groups (broad SMARTS) is 1. The average molecular weight is 335 g/mol. The summed E-state index contributed by atoms with van der Waals surface area (Å²) in [7, 11) is 0. The third kappa shape index (κ3) is 3.39. The maximum Gasteiger partial charge on any atom is 0.327 e. The van der Waals surface area contributed by atoms with Gasteiger partial charge in [0.05, 0.1) is 4.91 Å². The van der Waals surface area contributed by atoms with E-state index in [4.69, 9.17) is 12.2 Å². The van der Waals surface area contributed by atoms with Crippen molar-refractivity contribution in [1.29, 1.82) is 0 Å². The van der Waals surface area contributed by atoms with Gasteiger partial charge in [-0.3, -0.25) is 9.69 Å². The summed E-state index contributed by atoms with van der Waals surface area (Å²) in [6.07, 6.45) is 1.76. The monoisotopic (exact) mass is 335 g/mol. The fourth-order valence-electron chi connectivity index (χ4n) is 2.32. The number of rotatable bonds is 4. The van der Waals surface area contributed by atoms with Gasteiger partial charge in [-0.05, 0) is 24.5 Å². The zero-order valence-electron chi connectivity index (χ0n) is 12.6. The summed E-state index contributed by atoms with van der Waals surface area (Å²) in [4.78, 5) is 25.7. The minimum absolute atomic E-state index is 0.224. The molecule has 0 saturated carbocycles. The second-order valence-corrected chi connectivity index (χ2v) is 7.17. The number of benzene rings is 1. The van der Waals surface area contributed by atoms with E-state index in [1.807, 2.05) is 31.2 Å². The number of carbonyl (C=O) groups is 2. The van der Waals surface area contributed by atoms with Crippen LogP contribution in [0, 0.1) is 12.8 Å². The number of hydrogen-bond acceptors (Lipinski definition) is 4. The second-order valence-electron chi connectivity index (χ2n) is 5.49. The van der Waals surface area contributed by atoms with Crippen LogP contribution in [0.4, 0.5) is 0 Å². The first-order valence-electron chi connectivity index (χ1n) is 6.88. The molecule has 1 aromatic carbocycles. The Morgan fingerprint density at radius 3 is 2.64 bits per heavy atom. The van der Waals surface area contributed by atoms with Crippen molar-refractivity contribution in [2.75, 3.05) is 0 Å². The summed E-state index contributed by atoms with van der Waals surface area (Å²) in [5.41, 5.74) is 1.99. The number of amides is 1. The smallest absolute Gasteiger partial charge is 0.327 e. The molecule has 1 heterocycles. The van der Waals surface area contributed by atoms with Crippen molar-refractivity contribution in [3.05, 3.63) is 40.3 Å². The fraction of sp³-hybridized carbons (Fsp3) is 0.312. The van der Waals surface area contributed by atoms with E-state index in [0.29, 0.717) is 9.23 Å². The summed E-state index contributed by atoms with van der Waals surface area (Å²) < 4.78 is 0.296. The highest BCUT2D eigenvalue weighted by Gasteiger charge is 2.41. The molecule has 1 fully saturated rings. The normalized spacial score (nSPS) is 18.4. The number of hydrogen-bond donors (Lipinski definition) is 1. The van der Waals surface area contributed by atoms with Gasteiger partial charge in [-0.15, -0.1) is 0 Å². The van der Waals surface area contributed by atoms with E-state index in [-0.39, 0.29) is 11.8 Å². The molecule has 1 aliphatic rings. The largest absolute Gasteiger partial charge is 0.480 e. The molecule has 0 spiro atoms. The molecule has 1 unspecified atom stereocenters. The van der Waals surface area contributed by atoms with Crippen molar-refractivity contribution in [3.63, 3.8) is 0 Å². The van der Waals surface area contributed by atoms with Gasteiger partial charge in [0.15, 0.2) is 0 Å². The Bertz CT molecular complexity index is 667. The van der Waals surface area contributed by atoms with E-state index in [2.05, 4.69) is 0 Å². The van der Waals surface area contributed by atoms with E-state index in [1.165, 1.54) is 4.90 Å². The van der Waals surface area contributed by atoms with Gasteiger partial charge < -0.3 is 5.11 Å². The molecule has 1 atom stereocenters. The lowest BCUT2D eigenvalue weighted by atomic mass is 10.0. The van der Waals surface area contributed by atoms with Crippen LogP contribution >= 0.6 is 24.0 Å². The summed E-state index contributed by atoms with van der Waals surface area (Å²) >= 11 is 6.37. The van der Waals surface area contributed by atoms with E-state index >= 15 is 0 Å². The molecule has 1 amide bonds. The molecule has 1 saturated heterocycles. The van der Waals surface area contributed by atoms with Crippen LogP contribution in [0.5, 0.6) is 0 Å². The minimum Gasteiger partial charge on any atom is -0.480 e. The molecular formula is C16H17NO3S2. The van der Waals surface area contributed by atoms with Crippen molar-refractivity contribution in [3.8, 4) is 0 Å². The first kappa shape index (κ1) is 16.7. The van der Waals surface area contributed by atoms with Crippen LogP contribution in [0.15, 0.2) is 29.2 Å². The molecule has 0 aromatic heterocycles. The predicted molar refractivity (Wildman–Crippen MR) is 92.5 cm³/mol. The molecule has 4 nitrogen and oxygen atoms in total. The van der Waals surface area contributed by atoms with Crippen LogP contribution in [0.1, 0.15) is 25.0 Å². The van der Waals surface area contributed by atoms with Gasteiger partial charge in [0.1, 0.15) is 10.4 Å². The maximum absolute atomic E-state index is 12.5. The highest BCUT2D eigenvalue weighted by molar-refractivity contribution is 8.26. The second kappa shape index (κ2) is 6.62. The summed E-state index contributed by atoms with van der Waals surface area (Å²) in [6, 6.07) is 6.81. The maximum atomic E-state index is 12.5. The van der Waals surface area contributed by atoms with Gasteiger partial charge in [-0.2, -0.15) is 0 Å². The third-order valence-electron chi connectivity index (χ3n) is 3.33. The SMILES string of the molecule is Cc1cccc(/C=C2\SC(=S)N(C(C(=O)O)C(C)C)C2=O)c1. The molecule has 1 aromatic rings. The summed E-state index contributed by atoms with van der Waals surface area (Å²) in [6.45, 7) is 5.50. The fourth-order valence-corrected chi connectivity index (χ4v) is 3.65. The lowest BCUT2D eigenvalue weighted by Crippen LogP contribution is -2.47. The highest BCUT2D eigenvalue weighted by Crippen LogP contribution is 2.35. The van der Waals surface area contributed by atoms with Crippen molar-refractivity contribution >= 4 is 46.3 Å². The molecule has 0 aliphatic carbocycles. The Morgan fingerprint density at radius 2 is 2.09 bits per heavy atom. The van der Waals surface area contributed by atoms with Crippen LogP contribution in [0.25, 0.3) is 6.08 Å². The number of aryl methyl sites for hydroxylation is 1. The van der Waals surface area contributed by atoms with Crippen LogP contribution in [0.3, 0.4) is 0 Å². The lowest BCUT2D eigenvalue weighted by molar-refractivity contribution is -0.146. The number of carboxylic acids is 1. The van der Waals surface area contributed by atoms with Crippen molar-refractivity contribution in [2.45, 2.75) is 26.8 Å². The standard InChI is InChI=1S/C16H17NO3S2/c1-9(2)13(15(19)20)17-14(18)12(22-16(17)21)8-11-6-4-5-10(3)7-11/h4-9,13H,1-3H3,(H,19,20)/b12-8-. The van der Waals surface area contributed by atoms with Gasteiger partial charge in [0.25, 0.3) is 5.91 Å². The topological polar surface area (TPSA) is 57.6 Å². The van der Waals surface area contributed by atoms with E-state index < -0.39 is 12.0 Å².